The number of carbonyl (C=O) groups is 2. The molecule has 1 amide bonds. The number of esters is 1. The summed E-state index contributed by atoms with van der Waals surface area (Å²) >= 11 is 5.63. The summed E-state index contributed by atoms with van der Waals surface area (Å²) in [5.74, 6) is -1.99. The maximum atomic E-state index is 13.1. The Labute approximate surface area is 160 Å². The summed E-state index contributed by atoms with van der Waals surface area (Å²) in [6.45, 7) is -0.559. The Morgan fingerprint density at radius 2 is 1.96 bits per heavy atom. The zero-order chi connectivity index (χ0) is 20.0. The van der Waals surface area contributed by atoms with Crippen LogP contribution in [0.5, 0.6) is 0 Å². The summed E-state index contributed by atoms with van der Waals surface area (Å²) in [6.07, 6.45) is 3.48. The fraction of sp³-hybridized carbons (Fsp3) is 0.111. The maximum absolute atomic E-state index is 13.1. The molecule has 0 saturated carbocycles. The molecule has 1 N–H and O–H groups in total. The van der Waals surface area contributed by atoms with E-state index in [4.69, 9.17) is 16.3 Å². The zero-order valence-electron chi connectivity index (χ0n) is 14.1. The van der Waals surface area contributed by atoms with Gasteiger partial charge in [0.05, 0.1) is 9.92 Å². The molecule has 2 aromatic carbocycles. The van der Waals surface area contributed by atoms with Crippen LogP contribution in [-0.4, -0.2) is 33.2 Å². The summed E-state index contributed by atoms with van der Waals surface area (Å²) in [7, 11) is -3.41. The number of hydrogen-bond donors (Lipinski definition) is 1. The Balaban J connectivity index is 1.89. The largest absolute Gasteiger partial charge is 0.452 e. The van der Waals surface area contributed by atoms with Gasteiger partial charge < -0.3 is 10.1 Å². The zero-order valence-corrected chi connectivity index (χ0v) is 15.7. The molecule has 0 bridgehead atoms. The first kappa shape index (κ1) is 20.6. The molecule has 0 unspecified atom stereocenters. The standard InChI is InChI=1S/C18H15ClFNO5S/c1-27(24,25)14-4-2-3-13(10-14)21-17(22)11-26-18(23)8-6-12-5-7-16(20)15(19)9-12/h2-10H,11H2,1H3,(H,21,22)/b8-6+. The first-order valence-corrected chi connectivity index (χ1v) is 9.82. The highest BCUT2D eigenvalue weighted by Gasteiger charge is 2.10. The van der Waals surface area contributed by atoms with Gasteiger partial charge in [-0.2, -0.15) is 0 Å². The molecule has 0 saturated heterocycles. The predicted octanol–water partition coefficient (Wildman–Crippen LogP) is 3.08. The molecule has 0 aliphatic rings. The normalized spacial score (nSPS) is 11.4. The van der Waals surface area contributed by atoms with Crippen LogP contribution in [0.2, 0.25) is 5.02 Å². The third kappa shape index (κ3) is 6.50. The van der Waals surface area contributed by atoms with Gasteiger partial charge in [-0.3, -0.25) is 4.79 Å². The molecule has 142 valence electrons. The minimum Gasteiger partial charge on any atom is -0.452 e. The van der Waals surface area contributed by atoms with Crippen molar-refractivity contribution in [2.75, 3.05) is 18.2 Å². The Morgan fingerprint density at radius 1 is 1.22 bits per heavy atom. The van der Waals surface area contributed by atoms with E-state index in [1.807, 2.05) is 0 Å². The molecule has 0 atom stereocenters. The number of ether oxygens (including phenoxy) is 1. The molecular formula is C18H15ClFNO5S. The second-order valence-electron chi connectivity index (χ2n) is 5.46. The highest BCUT2D eigenvalue weighted by molar-refractivity contribution is 7.90. The van der Waals surface area contributed by atoms with Crippen LogP contribution in [-0.2, 0) is 24.2 Å². The van der Waals surface area contributed by atoms with Crippen molar-refractivity contribution in [2.45, 2.75) is 4.90 Å². The van der Waals surface area contributed by atoms with E-state index >= 15 is 0 Å². The van der Waals surface area contributed by atoms with Crippen molar-refractivity contribution in [3.8, 4) is 0 Å². The van der Waals surface area contributed by atoms with Gasteiger partial charge in [-0.25, -0.2) is 17.6 Å². The van der Waals surface area contributed by atoms with Crippen molar-refractivity contribution in [2.24, 2.45) is 0 Å². The SMILES string of the molecule is CS(=O)(=O)c1cccc(NC(=O)COC(=O)/C=C/c2ccc(F)c(Cl)c2)c1. The van der Waals surface area contributed by atoms with Crippen LogP contribution in [0.4, 0.5) is 10.1 Å². The maximum Gasteiger partial charge on any atom is 0.331 e. The van der Waals surface area contributed by atoms with Crippen LogP contribution >= 0.6 is 11.6 Å². The van der Waals surface area contributed by atoms with Crippen LogP contribution in [0.25, 0.3) is 6.08 Å². The van der Waals surface area contributed by atoms with E-state index < -0.39 is 34.1 Å². The molecule has 6 nitrogen and oxygen atoms in total. The number of anilines is 1. The monoisotopic (exact) mass is 411 g/mol. The van der Waals surface area contributed by atoms with Gasteiger partial charge in [0.15, 0.2) is 16.4 Å². The quantitative estimate of drug-likeness (QED) is 0.582. The van der Waals surface area contributed by atoms with Crippen molar-refractivity contribution in [3.05, 3.63) is 64.9 Å². The van der Waals surface area contributed by atoms with Crippen molar-refractivity contribution in [3.63, 3.8) is 0 Å². The molecule has 27 heavy (non-hydrogen) atoms. The van der Waals surface area contributed by atoms with E-state index in [9.17, 15) is 22.4 Å². The lowest BCUT2D eigenvalue weighted by atomic mass is 10.2. The summed E-state index contributed by atoms with van der Waals surface area (Å²) in [5.41, 5.74) is 0.746. The van der Waals surface area contributed by atoms with Gasteiger partial charge in [0.1, 0.15) is 5.82 Å². The topological polar surface area (TPSA) is 89.5 Å². The number of sulfone groups is 1. The third-order valence-electron chi connectivity index (χ3n) is 3.25. The second kappa shape index (κ2) is 8.79. The van der Waals surface area contributed by atoms with E-state index in [0.29, 0.717) is 5.56 Å². The number of carbonyl (C=O) groups excluding carboxylic acids is 2. The minimum absolute atomic E-state index is 0.0539. The highest BCUT2D eigenvalue weighted by atomic mass is 35.5. The van der Waals surface area contributed by atoms with Crippen LogP contribution in [0, 0.1) is 5.82 Å². The molecule has 0 radical (unpaired) electrons. The van der Waals surface area contributed by atoms with Gasteiger partial charge in [-0.1, -0.05) is 23.7 Å². The van der Waals surface area contributed by atoms with Gasteiger partial charge in [0.2, 0.25) is 0 Å². The third-order valence-corrected chi connectivity index (χ3v) is 4.65. The average Bonchev–Trinajstić information content (AvgIpc) is 2.60. The lowest BCUT2D eigenvalue weighted by Gasteiger charge is -2.07. The van der Waals surface area contributed by atoms with E-state index in [1.54, 1.807) is 0 Å². The molecule has 0 aliphatic carbocycles. The fourth-order valence-corrected chi connectivity index (χ4v) is 2.82. The number of rotatable bonds is 6. The van der Waals surface area contributed by atoms with E-state index in [0.717, 1.165) is 18.4 Å². The lowest BCUT2D eigenvalue weighted by molar-refractivity contribution is -0.142. The average molecular weight is 412 g/mol. The van der Waals surface area contributed by atoms with Crippen LogP contribution in [0.1, 0.15) is 5.56 Å². The number of benzene rings is 2. The predicted molar refractivity (Wildman–Crippen MR) is 99.6 cm³/mol. The highest BCUT2D eigenvalue weighted by Crippen LogP contribution is 2.17. The number of amides is 1. The van der Waals surface area contributed by atoms with Crippen LogP contribution < -0.4 is 5.32 Å². The Morgan fingerprint density at radius 3 is 2.63 bits per heavy atom. The summed E-state index contributed by atoms with van der Waals surface area (Å²) in [5, 5.41) is 2.35. The smallest absolute Gasteiger partial charge is 0.331 e. The van der Waals surface area contributed by atoms with Gasteiger partial charge in [-0.15, -0.1) is 0 Å². The molecule has 9 heteroatoms. The number of halogens is 2. The van der Waals surface area contributed by atoms with Gasteiger partial charge >= 0.3 is 5.97 Å². The molecular weight excluding hydrogens is 397 g/mol. The number of hydrogen-bond acceptors (Lipinski definition) is 5. The molecule has 2 aromatic rings. The molecule has 0 aliphatic heterocycles. The van der Waals surface area contributed by atoms with Crippen LogP contribution in [0.15, 0.2) is 53.4 Å². The summed E-state index contributed by atoms with van der Waals surface area (Å²) in [6, 6.07) is 9.60. The fourth-order valence-electron chi connectivity index (χ4n) is 1.97. The van der Waals surface area contributed by atoms with E-state index in [2.05, 4.69) is 5.32 Å². The van der Waals surface area contributed by atoms with Gasteiger partial charge in [-0.05, 0) is 42.0 Å². The van der Waals surface area contributed by atoms with Crippen molar-refractivity contribution >= 4 is 45.1 Å². The Hall–Kier alpha value is -2.71. The van der Waals surface area contributed by atoms with Crippen molar-refractivity contribution < 1.29 is 27.1 Å². The van der Waals surface area contributed by atoms with Gasteiger partial charge in [0.25, 0.3) is 5.91 Å². The minimum atomic E-state index is -3.41. The van der Waals surface area contributed by atoms with Gasteiger partial charge in [0, 0.05) is 18.0 Å². The Kier molecular flexibility index (Phi) is 6.70. The van der Waals surface area contributed by atoms with E-state index in [1.165, 1.54) is 42.5 Å². The molecule has 2 rings (SSSR count). The second-order valence-corrected chi connectivity index (χ2v) is 7.89. The van der Waals surface area contributed by atoms with E-state index in [-0.39, 0.29) is 15.6 Å². The number of nitrogens with one attached hydrogen (secondary N) is 1. The lowest BCUT2D eigenvalue weighted by Crippen LogP contribution is -2.20. The summed E-state index contributed by atoms with van der Waals surface area (Å²) in [4.78, 5) is 23.5. The van der Waals surface area contributed by atoms with Crippen molar-refractivity contribution in [1.82, 2.24) is 0 Å². The molecule has 0 aromatic heterocycles. The molecule has 0 heterocycles. The molecule has 0 spiro atoms. The van der Waals surface area contributed by atoms with Crippen LogP contribution in [0.3, 0.4) is 0 Å². The Bertz CT molecular complexity index is 1000. The summed E-state index contributed by atoms with van der Waals surface area (Å²) < 4.78 is 40.8. The first-order chi connectivity index (χ1) is 12.6. The first-order valence-electron chi connectivity index (χ1n) is 7.55. The van der Waals surface area contributed by atoms with Crippen molar-refractivity contribution in [1.29, 1.82) is 0 Å². The molecule has 0 fully saturated rings.